The maximum absolute atomic E-state index is 12.9. The lowest BCUT2D eigenvalue weighted by Crippen LogP contribution is -2.34. The van der Waals surface area contributed by atoms with Crippen molar-refractivity contribution in [2.75, 3.05) is 18.8 Å². The van der Waals surface area contributed by atoms with E-state index in [0.717, 1.165) is 11.1 Å². The highest BCUT2D eigenvalue weighted by Gasteiger charge is 2.27. The molecular weight excluding hydrogens is 440 g/mol. The Morgan fingerprint density at radius 2 is 1.64 bits per heavy atom. The molecule has 5 rings (SSSR count). The van der Waals surface area contributed by atoms with Crippen LogP contribution in [0.3, 0.4) is 0 Å². The Balaban J connectivity index is 1.40. The number of hydrogen-bond acceptors (Lipinski definition) is 8. The molecule has 3 heterocycles. The number of benzene rings is 2. The van der Waals surface area contributed by atoms with E-state index < -0.39 is 10.0 Å². The summed E-state index contributed by atoms with van der Waals surface area (Å²) in [5.41, 5.74) is 8.59. The number of nitrogens with two attached hydrogens (primary N) is 1. The molecule has 10 heteroatoms. The topological polar surface area (TPSA) is 128 Å². The van der Waals surface area contributed by atoms with E-state index in [9.17, 15) is 8.42 Å². The van der Waals surface area contributed by atoms with E-state index in [4.69, 9.17) is 10.2 Å². The quantitative estimate of drug-likeness (QED) is 0.481. The van der Waals surface area contributed by atoms with Gasteiger partial charge in [-0.1, -0.05) is 42.5 Å². The van der Waals surface area contributed by atoms with Crippen LogP contribution in [0, 0.1) is 0 Å². The Labute approximate surface area is 190 Å². The summed E-state index contributed by atoms with van der Waals surface area (Å²) in [6.45, 7) is 0.579. The summed E-state index contributed by atoms with van der Waals surface area (Å²) in [7, 11) is -3.55. The Hall–Kier alpha value is -3.89. The summed E-state index contributed by atoms with van der Waals surface area (Å²) in [5, 5.41) is 8.17. The van der Waals surface area contributed by atoms with Gasteiger partial charge in [0.2, 0.25) is 15.9 Å². The SMILES string of the molecule is Nc1ncc(C2=CCN(S(=O)(=O)c3ccccc3)CC2)nc1-c1nnc(-c2ccccc2)o1. The molecule has 4 aromatic rings. The van der Waals surface area contributed by atoms with Crippen molar-refractivity contribution in [2.45, 2.75) is 11.3 Å². The first-order valence-corrected chi connectivity index (χ1v) is 11.7. The zero-order chi connectivity index (χ0) is 22.8. The third-order valence-corrected chi connectivity index (χ3v) is 7.21. The summed E-state index contributed by atoms with van der Waals surface area (Å²) < 4.78 is 32.9. The molecule has 0 bridgehead atoms. The summed E-state index contributed by atoms with van der Waals surface area (Å²) >= 11 is 0. The van der Waals surface area contributed by atoms with Crippen molar-refractivity contribution < 1.29 is 12.8 Å². The average Bonchev–Trinajstić information content (AvgIpc) is 3.36. The van der Waals surface area contributed by atoms with Crippen LogP contribution >= 0.6 is 0 Å². The van der Waals surface area contributed by atoms with Gasteiger partial charge in [-0.05, 0) is 36.3 Å². The Bertz CT molecular complexity index is 1420. The average molecular weight is 461 g/mol. The van der Waals surface area contributed by atoms with Gasteiger partial charge in [-0.2, -0.15) is 4.31 Å². The number of aromatic nitrogens is 4. The van der Waals surface area contributed by atoms with Gasteiger partial charge in [0.15, 0.2) is 11.5 Å². The summed E-state index contributed by atoms with van der Waals surface area (Å²) in [6, 6.07) is 17.8. The number of anilines is 1. The van der Waals surface area contributed by atoms with Gasteiger partial charge in [-0.15, -0.1) is 10.2 Å². The molecule has 0 radical (unpaired) electrons. The Morgan fingerprint density at radius 3 is 2.33 bits per heavy atom. The molecule has 0 saturated carbocycles. The van der Waals surface area contributed by atoms with Crippen LogP contribution in [-0.4, -0.2) is 46.0 Å². The zero-order valence-corrected chi connectivity index (χ0v) is 18.3. The molecule has 0 atom stereocenters. The van der Waals surface area contributed by atoms with Crippen molar-refractivity contribution in [3.63, 3.8) is 0 Å². The van der Waals surface area contributed by atoms with E-state index in [0.29, 0.717) is 30.2 Å². The predicted molar refractivity (Wildman–Crippen MR) is 123 cm³/mol. The third kappa shape index (κ3) is 4.13. The second-order valence-electron chi connectivity index (χ2n) is 7.42. The van der Waals surface area contributed by atoms with Crippen molar-refractivity contribution in [2.24, 2.45) is 0 Å². The van der Waals surface area contributed by atoms with Crippen LogP contribution < -0.4 is 5.73 Å². The maximum atomic E-state index is 12.9. The minimum absolute atomic E-state index is 0.172. The molecule has 1 aliphatic rings. The van der Waals surface area contributed by atoms with E-state index in [1.54, 1.807) is 36.5 Å². The molecule has 0 spiro atoms. The van der Waals surface area contributed by atoms with Gasteiger partial charge in [-0.25, -0.2) is 18.4 Å². The second-order valence-corrected chi connectivity index (χ2v) is 9.36. The highest BCUT2D eigenvalue weighted by atomic mass is 32.2. The van der Waals surface area contributed by atoms with Crippen molar-refractivity contribution in [3.8, 4) is 23.0 Å². The normalized spacial score (nSPS) is 14.7. The molecule has 33 heavy (non-hydrogen) atoms. The molecule has 0 aliphatic carbocycles. The van der Waals surface area contributed by atoms with Crippen LogP contribution in [0.15, 0.2) is 82.2 Å². The smallest absolute Gasteiger partial charge is 0.270 e. The first kappa shape index (κ1) is 21.0. The van der Waals surface area contributed by atoms with E-state index in [-0.39, 0.29) is 23.1 Å². The lowest BCUT2D eigenvalue weighted by Gasteiger charge is -2.25. The number of rotatable bonds is 5. The lowest BCUT2D eigenvalue weighted by molar-refractivity contribution is 0.441. The standard InChI is InChI=1S/C23H20N6O3S/c24-21-20(23-28-27-22(32-23)17-7-3-1-4-8-17)26-19(15-25-21)16-11-13-29(14-12-16)33(30,31)18-9-5-2-6-10-18/h1-11,15H,12-14H2,(H2,24,25). The minimum atomic E-state index is -3.55. The fourth-order valence-electron chi connectivity index (χ4n) is 3.57. The van der Waals surface area contributed by atoms with Crippen LogP contribution in [-0.2, 0) is 10.0 Å². The molecule has 166 valence electrons. The van der Waals surface area contributed by atoms with E-state index >= 15 is 0 Å². The number of nitrogens with zero attached hydrogens (tertiary/aromatic N) is 5. The van der Waals surface area contributed by atoms with Crippen LogP contribution in [0.4, 0.5) is 5.82 Å². The van der Waals surface area contributed by atoms with E-state index in [2.05, 4.69) is 20.2 Å². The number of hydrogen-bond donors (Lipinski definition) is 1. The van der Waals surface area contributed by atoms with E-state index in [1.165, 1.54) is 4.31 Å². The fraction of sp³-hybridized carbons (Fsp3) is 0.130. The number of nitrogen functional groups attached to an aromatic ring is 1. The second kappa shape index (κ2) is 8.57. The predicted octanol–water partition coefficient (Wildman–Crippen LogP) is 3.25. The summed E-state index contributed by atoms with van der Waals surface area (Å²) in [6.07, 6.45) is 3.90. The molecule has 0 amide bonds. The molecule has 1 aliphatic heterocycles. The van der Waals surface area contributed by atoms with Gasteiger partial charge in [0.1, 0.15) is 0 Å². The first-order valence-electron chi connectivity index (χ1n) is 10.3. The van der Waals surface area contributed by atoms with Gasteiger partial charge in [-0.3, -0.25) is 0 Å². The van der Waals surface area contributed by atoms with Gasteiger partial charge >= 0.3 is 0 Å². The molecule has 0 saturated heterocycles. The van der Waals surface area contributed by atoms with Crippen LogP contribution in [0.1, 0.15) is 12.1 Å². The Kier molecular flexibility index (Phi) is 5.45. The lowest BCUT2D eigenvalue weighted by atomic mass is 10.1. The first-order chi connectivity index (χ1) is 16.0. The third-order valence-electron chi connectivity index (χ3n) is 5.33. The minimum Gasteiger partial charge on any atom is -0.414 e. The highest BCUT2D eigenvalue weighted by Crippen LogP contribution is 2.29. The molecular formula is C23H20N6O3S. The zero-order valence-electron chi connectivity index (χ0n) is 17.5. The van der Waals surface area contributed by atoms with Crippen LogP contribution in [0.2, 0.25) is 0 Å². The highest BCUT2D eigenvalue weighted by molar-refractivity contribution is 7.89. The van der Waals surface area contributed by atoms with Gasteiger partial charge in [0.25, 0.3) is 5.89 Å². The molecule has 0 unspecified atom stereocenters. The number of sulfonamides is 1. The fourth-order valence-corrected chi connectivity index (χ4v) is 4.97. The summed E-state index contributed by atoms with van der Waals surface area (Å²) in [4.78, 5) is 9.12. The summed E-state index contributed by atoms with van der Waals surface area (Å²) in [5.74, 6) is 0.702. The van der Waals surface area contributed by atoms with Crippen molar-refractivity contribution in [1.82, 2.24) is 24.5 Å². The molecule has 9 nitrogen and oxygen atoms in total. The van der Waals surface area contributed by atoms with Gasteiger partial charge in [0.05, 0.1) is 16.8 Å². The largest absolute Gasteiger partial charge is 0.414 e. The van der Waals surface area contributed by atoms with Gasteiger partial charge in [0, 0.05) is 18.7 Å². The molecule has 2 aromatic carbocycles. The van der Waals surface area contributed by atoms with E-state index in [1.807, 2.05) is 36.4 Å². The van der Waals surface area contributed by atoms with Crippen molar-refractivity contribution in [3.05, 3.63) is 78.6 Å². The van der Waals surface area contributed by atoms with Crippen molar-refractivity contribution >= 4 is 21.4 Å². The molecule has 2 N–H and O–H groups in total. The maximum Gasteiger partial charge on any atom is 0.270 e. The van der Waals surface area contributed by atoms with Crippen LogP contribution in [0.5, 0.6) is 0 Å². The molecule has 2 aromatic heterocycles. The van der Waals surface area contributed by atoms with Gasteiger partial charge < -0.3 is 10.2 Å². The van der Waals surface area contributed by atoms with Crippen LogP contribution in [0.25, 0.3) is 28.6 Å². The Morgan fingerprint density at radius 1 is 0.939 bits per heavy atom. The molecule has 0 fully saturated rings. The monoisotopic (exact) mass is 460 g/mol. The van der Waals surface area contributed by atoms with Crippen molar-refractivity contribution in [1.29, 1.82) is 0 Å².